The fourth-order valence-corrected chi connectivity index (χ4v) is 10.4. The Labute approximate surface area is 486 Å². The van der Waals surface area contributed by atoms with Crippen LogP contribution in [0.4, 0.5) is 0 Å². The molecule has 0 aliphatic carbocycles. The highest BCUT2D eigenvalue weighted by Gasteiger charge is 2.26. The van der Waals surface area contributed by atoms with Crippen LogP contribution < -0.4 is 21.3 Å². The SMILES string of the molecule is CCCCCCCCCCCCNC(=O)C(O)CN(CCCCCN(CC(O)C(=O)NCCCCCCCCCCCC)CC(O)C(=O)NCCCCCCCCCCCC)CC(O)C(=O)NCCCCCCCCCCCC. The van der Waals surface area contributed by atoms with Gasteiger partial charge in [0, 0.05) is 52.4 Å². The first-order chi connectivity index (χ1) is 38.5. The van der Waals surface area contributed by atoms with Crippen LogP contribution in [-0.4, -0.2) is 144 Å². The zero-order chi connectivity index (χ0) is 58.1. The number of hydrogen-bond donors (Lipinski definition) is 8. The molecule has 0 saturated heterocycles. The van der Waals surface area contributed by atoms with Crippen molar-refractivity contribution in [2.45, 2.75) is 328 Å². The number of carbonyl (C=O) groups excluding carboxylic acids is 4. The summed E-state index contributed by atoms with van der Waals surface area (Å²) in [5.74, 6) is -1.86. The van der Waals surface area contributed by atoms with Crippen molar-refractivity contribution in [1.29, 1.82) is 0 Å². The number of aliphatic hydroxyl groups is 4. The molecule has 14 nitrogen and oxygen atoms in total. The van der Waals surface area contributed by atoms with E-state index in [0.717, 1.165) is 77.0 Å². The zero-order valence-corrected chi connectivity index (χ0v) is 52.1. The molecule has 0 rings (SSSR count). The van der Waals surface area contributed by atoms with Gasteiger partial charge in [-0.25, -0.2) is 0 Å². The first-order valence-electron chi connectivity index (χ1n) is 33.8. The molecule has 0 aliphatic rings. The van der Waals surface area contributed by atoms with Gasteiger partial charge >= 0.3 is 0 Å². The van der Waals surface area contributed by atoms with Crippen molar-refractivity contribution in [1.82, 2.24) is 31.1 Å². The summed E-state index contributed by atoms with van der Waals surface area (Å²) in [7, 11) is 0. The van der Waals surface area contributed by atoms with Crippen molar-refractivity contribution in [3.63, 3.8) is 0 Å². The van der Waals surface area contributed by atoms with E-state index in [4.69, 9.17) is 0 Å². The fourth-order valence-electron chi connectivity index (χ4n) is 10.4. The molecule has 0 saturated carbocycles. The van der Waals surface area contributed by atoms with Crippen LogP contribution in [0.2, 0.25) is 0 Å². The van der Waals surface area contributed by atoms with Gasteiger partial charge in [-0.3, -0.25) is 29.0 Å². The first-order valence-corrected chi connectivity index (χ1v) is 33.8. The van der Waals surface area contributed by atoms with E-state index in [2.05, 4.69) is 49.0 Å². The predicted molar refractivity (Wildman–Crippen MR) is 330 cm³/mol. The molecule has 0 radical (unpaired) electrons. The van der Waals surface area contributed by atoms with Crippen LogP contribution in [0.15, 0.2) is 0 Å². The maximum Gasteiger partial charge on any atom is 0.250 e. The van der Waals surface area contributed by atoms with E-state index in [0.29, 0.717) is 58.5 Å². The average Bonchev–Trinajstić information content (AvgIpc) is 3.43. The highest BCUT2D eigenvalue weighted by molar-refractivity contribution is 5.82. The van der Waals surface area contributed by atoms with Gasteiger partial charge in [0.2, 0.25) is 23.6 Å². The van der Waals surface area contributed by atoms with Crippen molar-refractivity contribution < 1.29 is 39.6 Å². The van der Waals surface area contributed by atoms with E-state index >= 15 is 0 Å². The van der Waals surface area contributed by atoms with Crippen molar-refractivity contribution in [3.05, 3.63) is 0 Å². The Balaban J connectivity index is 5.45. The van der Waals surface area contributed by atoms with Gasteiger partial charge in [0.1, 0.15) is 24.4 Å². The summed E-state index contributed by atoms with van der Waals surface area (Å²) >= 11 is 0. The Hall–Kier alpha value is -2.36. The summed E-state index contributed by atoms with van der Waals surface area (Å²) < 4.78 is 0. The van der Waals surface area contributed by atoms with Crippen LogP contribution in [0.25, 0.3) is 0 Å². The molecular formula is C65H130N6O8. The van der Waals surface area contributed by atoms with Crippen LogP contribution in [0, 0.1) is 0 Å². The van der Waals surface area contributed by atoms with Gasteiger partial charge in [-0.2, -0.15) is 0 Å². The molecule has 8 N–H and O–H groups in total. The lowest BCUT2D eigenvalue weighted by atomic mass is 10.1. The summed E-state index contributed by atoms with van der Waals surface area (Å²) in [4.78, 5) is 55.9. The smallest absolute Gasteiger partial charge is 0.250 e. The van der Waals surface area contributed by atoms with Gasteiger partial charge in [0.25, 0.3) is 0 Å². The molecule has 4 atom stereocenters. The van der Waals surface area contributed by atoms with Crippen molar-refractivity contribution in [3.8, 4) is 0 Å². The third-order valence-electron chi connectivity index (χ3n) is 15.7. The number of nitrogens with one attached hydrogen (secondary N) is 4. The largest absolute Gasteiger partial charge is 0.382 e. The predicted octanol–water partition coefficient (Wildman–Crippen LogP) is 12.4. The fraction of sp³-hybridized carbons (Fsp3) is 0.938. The van der Waals surface area contributed by atoms with Crippen molar-refractivity contribution in [2.24, 2.45) is 0 Å². The normalized spacial score (nSPS) is 13.2. The maximum absolute atomic E-state index is 13.1. The number of amides is 4. The van der Waals surface area contributed by atoms with Gasteiger partial charge in [-0.15, -0.1) is 0 Å². The maximum atomic E-state index is 13.1. The number of nitrogens with zero attached hydrogens (tertiary/aromatic N) is 2. The number of rotatable bonds is 62. The summed E-state index contributed by atoms with van der Waals surface area (Å²) in [5.41, 5.74) is 0. The number of carbonyl (C=O) groups is 4. The lowest BCUT2D eigenvalue weighted by Gasteiger charge is -2.28. The van der Waals surface area contributed by atoms with Gasteiger partial charge in [-0.05, 0) is 51.6 Å². The molecule has 14 heteroatoms. The van der Waals surface area contributed by atoms with Gasteiger partial charge in [-0.1, -0.05) is 265 Å². The molecule has 0 spiro atoms. The first kappa shape index (κ1) is 76.6. The molecule has 0 aliphatic heterocycles. The summed E-state index contributed by atoms with van der Waals surface area (Å²) in [6.07, 6.45) is 44.1. The van der Waals surface area contributed by atoms with Crippen molar-refractivity contribution >= 4 is 23.6 Å². The topological polar surface area (TPSA) is 204 Å². The molecule has 4 unspecified atom stereocenters. The minimum atomic E-state index is -1.34. The van der Waals surface area contributed by atoms with E-state index in [1.165, 1.54) is 180 Å². The van der Waals surface area contributed by atoms with Crippen LogP contribution in [0.3, 0.4) is 0 Å². The van der Waals surface area contributed by atoms with Crippen LogP contribution >= 0.6 is 0 Å². The van der Waals surface area contributed by atoms with E-state index in [9.17, 15) is 39.6 Å². The Morgan fingerprint density at radius 1 is 0.253 bits per heavy atom. The standard InChI is InChI=1S/C65H130N6O8/c1-5-9-13-17-21-25-29-33-37-42-48-66-62(76)58(72)54-70(55-59(73)63(77)67-49-43-38-34-30-26-22-18-14-10-6-2)52-46-41-47-53-71(56-60(74)64(78)68-50-44-39-35-31-27-23-19-15-11-7-3)57-61(75)65(79)69-51-45-40-36-32-28-24-20-16-12-8-4/h58-61,72-75H,5-57H2,1-4H3,(H,66,76)(H,67,77)(H,68,78)(H,69,79). The summed E-state index contributed by atoms with van der Waals surface area (Å²) in [6.45, 7) is 11.5. The Kier molecular flexibility index (Phi) is 57.1. The van der Waals surface area contributed by atoms with Crippen LogP contribution in [0.5, 0.6) is 0 Å². The quantitative estimate of drug-likeness (QED) is 0.0271. The molecule has 0 aromatic heterocycles. The molecule has 0 aromatic rings. The van der Waals surface area contributed by atoms with Crippen molar-refractivity contribution in [2.75, 3.05) is 65.4 Å². The number of hydrogen-bond acceptors (Lipinski definition) is 10. The highest BCUT2D eigenvalue weighted by atomic mass is 16.3. The minimum Gasteiger partial charge on any atom is -0.382 e. The second-order valence-corrected chi connectivity index (χ2v) is 23.5. The Morgan fingerprint density at radius 2 is 0.405 bits per heavy atom. The van der Waals surface area contributed by atoms with Gasteiger partial charge in [0.05, 0.1) is 0 Å². The number of aliphatic hydroxyl groups excluding tert-OH is 4. The minimum absolute atomic E-state index is 0.0420. The molecule has 468 valence electrons. The second kappa shape index (κ2) is 58.8. The third-order valence-corrected chi connectivity index (χ3v) is 15.7. The molecular weight excluding hydrogens is 993 g/mol. The van der Waals surface area contributed by atoms with Gasteiger partial charge in [0.15, 0.2) is 0 Å². The van der Waals surface area contributed by atoms with Gasteiger partial charge < -0.3 is 41.7 Å². The lowest BCUT2D eigenvalue weighted by molar-refractivity contribution is -0.133. The summed E-state index contributed by atoms with van der Waals surface area (Å²) in [6, 6.07) is 0. The van der Waals surface area contributed by atoms with E-state index in [1.807, 2.05) is 0 Å². The average molecular weight is 1120 g/mol. The molecule has 4 amide bonds. The van der Waals surface area contributed by atoms with Crippen LogP contribution in [0.1, 0.15) is 304 Å². The molecule has 0 heterocycles. The summed E-state index contributed by atoms with van der Waals surface area (Å²) in [5, 5.41) is 55.9. The Bertz CT molecular complexity index is 1170. The van der Waals surface area contributed by atoms with E-state index < -0.39 is 48.0 Å². The third kappa shape index (κ3) is 51.0. The molecule has 0 aromatic carbocycles. The Morgan fingerprint density at radius 3 is 0.582 bits per heavy atom. The lowest BCUT2D eigenvalue weighted by Crippen LogP contribution is -2.48. The monoisotopic (exact) mass is 1120 g/mol. The van der Waals surface area contributed by atoms with E-state index in [-0.39, 0.29) is 26.2 Å². The number of unbranched alkanes of at least 4 members (excludes halogenated alkanes) is 38. The molecule has 0 fully saturated rings. The van der Waals surface area contributed by atoms with Crippen LogP contribution in [-0.2, 0) is 19.2 Å². The zero-order valence-electron chi connectivity index (χ0n) is 52.1. The molecule has 0 bridgehead atoms. The van der Waals surface area contributed by atoms with E-state index in [1.54, 1.807) is 9.80 Å². The second-order valence-electron chi connectivity index (χ2n) is 23.5. The highest BCUT2D eigenvalue weighted by Crippen LogP contribution is 2.15. The molecule has 79 heavy (non-hydrogen) atoms.